The van der Waals surface area contributed by atoms with Gasteiger partial charge in [-0.1, -0.05) is 6.08 Å². The molecule has 4 N–H and O–H groups in total. The van der Waals surface area contributed by atoms with Crippen molar-refractivity contribution in [1.29, 1.82) is 0 Å². The van der Waals surface area contributed by atoms with Crippen LogP contribution in [0.4, 0.5) is 0 Å². The second kappa shape index (κ2) is 3.85. The highest BCUT2D eigenvalue weighted by atomic mass is 32.2. The number of carboxylic acid groups (broad SMARTS) is 1. The minimum absolute atomic E-state index is 0.206. The summed E-state index contributed by atoms with van der Waals surface area (Å²) in [6, 6.07) is 0. The minimum Gasteiger partial charge on any atom is -0.477 e. The van der Waals surface area contributed by atoms with Gasteiger partial charge in [-0.05, 0) is 6.42 Å². The molecule has 0 bridgehead atoms. The second-order valence-electron chi connectivity index (χ2n) is 2.77. The molecule has 0 aromatic heterocycles. The van der Waals surface area contributed by atoms with Crippen molar-refractivity contribution < 1.29 is 9.90 Å². The average Bonchev–Trinajstić information content (AvgIpc) is 2.51. The summed E-state index contributed by atoms with van der Waals surface area (Å²) >= 11 is 1.40. The Morgan fingerprint density at radius 2 is 2.62 bits per heavy atom. The molecule has 0 fully saturated rings. The molecule has 0 aromatic carbocycles. The van der Waals surface area contributed by atoms with E-state index in [4.69, 9.17) is 10.8 Å². The van der Waals surface area contributed by atoms with Gasteiger partial charge in [0, 0.05) is 12.0 Å². The van der Waals surface area contributed by atoms with Crippen LogP contribution in [0, 0.1) is 0 Å². The van der Waals surface area contributed by atoms with E-state index in [0.29, 0.717) is 13.0 Å². The Morgan fingerprint density at radius 1 is 1.92 bits per heavy atom. The third kappa shape index (κ3) is 2.05. The van der Waals surface area contributed by atoms with Gasteiger partial charge >= 0.3 is 5.97 Å². The first kappa shape index (κ1) is 10.1. The summed E-state index contributed by atoms with van der Waals surface area (Å²) < 4.78 is 0. The van der Waals surface area contributed by atoms with Crippen LogP contribution in [0.1, 0.15) is 6.42 Å². The van der Waals surface area contributed by atoms with Crippen LogP contribution >= 0.6 is 11.8 Å². The number of aliphatic carboxylic acids is 1. The fourth-order valence-electron chi connectivity index (χ4n) is 1.09. The van der Waals surface area contributed by atoms with Crippen LogP contribution in [0.15, 0.2) is 23.8 Å². The monoisotopic (exact) mass is 200 g/mol. The van der Waals surface area contributed by atoms with Gasteiger partial charge in [-0.3, -0.25) is 0 Å². The van der Waals surface area contributed by atoms with Gasteiger partial charge in [-0.15, -0.1) is 18.3 Å². The Bertz CT molecular complexity index is 265. The first-order valence-electron chi connectivity index (χ1n) is 3.84. The van der Waals surface area contributed by atoms with Gasteiger partial charge in [0.15, 0.2) is 0 Å². The van der Waals surface area contributed by atoms with Gasteiger partial charge in [0.2, 0.25) is 0 Å². The largest absolute Gasteiger partial charge is 0.477 e. The van der Waals surface area contributed by atoms with Crippen molar-refractivity contribution in [3.05, 3.63) is 23.8 Å². The van der Waals surface area contributed by atoms with Crippen LogP contribution in [0.25, 0.3) is 0 Å². The SMILES string of the molecule is C=CCC1(CN)NC(C(=O)O)=CS1. The predicted octanol–water partition coefficient (Wildman–Crippen LogP) is 0.480. The molecule has 13 heavy (non-hydrogen) atoms. The van der Waals surface area contributed by atoms with Crippen LogP contribution < -0.4 is 11.1 Å². The van der Waals surface area contributed by atoms with E-state index in [1.807, 2.05) is 0 Å². The first-order valence-corrected chi connectivity index (χ1v) is 4.72. The summed E-state index contributed by atoms with van der Waals surface area (Å²) in [6.07, 6.45) is 2.37. The molecule has 0 amide bonds. The van der Waals surface area contributed by atoms with Crippen molar-refractivity contribution in [1.82, 2.24) is 5.32 Å². The molecular formula is C8H12N2O2S. The number of carboxylic acids is 1. The van der Waals surface area contributed by atoms with Crippen LogP contribution in [-0.2, 0) is 4.79 Å². The standard InChI is InChI=1S/C8H12N2O2S/c1-2-3-8(5-9)10-6(4-13-8)7(11)12/h2,4,10H,1,3,5,9H2,(H,11,12). The van der Waals surface area contributed by atoms with E-state index in [1.165, 1.54) is 11.8 Å². The molecule has 0 saturated heterocycles. The van der Waals surface area contributed by atoms with Crippen LogP contribution in [0.5, 0.6) is 0 Å². The average molecular weight is 200 g/mol. The smallest absolute Gasteiger partial charge is 0.352 e. The zero-order chi connectivity index (χ0) is 9.90. The van der Waals surface area contributed by atoms with E-state index in [-0.39, 0.29) is 5.70 Å². The van der Waals surface area contributed by atoms with Crippen LogP contribution in [-0.4, -0.2) is 22.5 Å². The topological polar surface area (TPSA) is 75.3 Å². The molecule has 1 rings (SSSR count). The molecule has 1 heterocycles. The van der Waals surface area contributed by atoms with Gasteiger partial charge in [0.05, 0.1) is 0 Å². The van der Waals surface area contributed by atoms with E-state index in [2.05, 4.69) is 11.9 Å². The van der Waals surface area contributed by atoms with E-state index in [0.717, 1.165) is 0 Å². The lowest BCUT2D eigenvalue weighted by Crippen LogP contribution is -2.45. The third-order valence-electron chi connectivity index (χ3n) is 1.80. The van der Waals surface area contributed by atoms with Crippen molar-refractivity contribution in [3.63, 3.8) is 0 Å². The molecule has 1 aliphatic heterocycles. The number of rotatable bonds is 4. The van der Waals surface area contributed by atoms with Crippen LogP contribution in [0.2, 0.25) is 0 Å². The molecule has 0 radical (unpaired) electrons. The molecule has 0 saturated carbocycles. The van der Waals surface area contributed by atoms with Crippen LogP contribution in [0.3, 0.4) is 0 Å². The number of nitrogens with one attached hydrogen (secondary N) is 1. The summed E-state index contributed by atoms with van der Waals surface area (Å²) in [5, 5.41) is 13.2. The number of carbonyl (C=O) groups is 1. The van der Waals surface area contributed by atoms with Gasteiger partial charge in [0.25, 0.3) is 0 Å². The Kier molecular flexibility index (Phi) is 3.00. The maximum atomic E-state index is 10.6. The molecule has 1 unspecified atom stereocenters. The molecule has 0 spiro atoms. The fraction of sp³-hybridized carbons (Fsp3) is 0.375. The number of thioether (sulfide) groups is 1. The molecule has 4 nitrogen and oxygen atoms in total. The van der Waals surface area contributed by atoms with Crippen molar-refractivity contribution in [2.24, 2.45) is 5.73 Å². The summed E-state index contributed by atoms with van der Waals surface area (Å²) in [7, 11) is 0. The molecule has 5 heteroatoms. The fourth-order valence-corrected chi connectivity index (χ4v) is 2.08. The Morgan fingerprint density at radius 3 is 3.00 bits per heavy atom. The first-order chi connectivity index (χ1) is 6.13. The molecule has 0 aromatic rings. The molecule has 72 valence electrons. The van der Waals surface area contributed by atoms with Crippen molar-refractivity contribution in [2.45, 2.75) is 11.3 Å². The highest BCUT2D eigenvalue weighted by Gasteiger charge is 2.34. The third-order valence-corrected chi connectivity index (χ3v) is 3.04. The second-order valence-corrected chi connectivity index (χ2v) is 4.02. The lowest BCUT2D eigenvalue weighted by Gasteiger charge is -2.26. The summed E-state index contributed by atoms with van der Waals surface area (Å²) in [4.78, 5) is 10.2. The van der Waals surface area contributed by atoms with Crippen molar-refractivity contribution >= 4 is 17.7 Å². The zero-order valence-corrected chi connectivity index (χ0v) is 7.93. The number of hydrogen-bond donors (Lipinski definition) is 3. The molecule has 1 atom stereocenters. The quantitative estimate of drug-likeness (QED) is 0.575. The van der Waals surface area contributed by atoms with Gasteiger partial charge in [0.1, 0.15) is 10.6 Å². The predicted molar refractivity (Wildman–Crippen MR) is 53.0 cm³/mol. The Labute approximate surface area is 80.9 Å². The maximum absolute atomic E-state index is 10.6. The van der Waals surface area contributed by atoms with Crippen molar-refractivity contribution in [2.75, 3.05) is 6.54 Å². The summed E-state index contributed by atoms with van der Waals surface area (Å²) in [5.74, 6) is -0.952. The maximum Gasteiger partial charge on any atom is 0.352 e. The Hall–Kier alpha value is -0.940. The molecule has 1 aliphatic rings. The highest BCUT2D eigenvalue weighted by molar-refractivity contribution is 8.03. The lowest BCUT2D eigenvalue weighted by atomic mass is 10.2. The van der Waals surface area contributed by atoms with E-state index in [1.54, 1.807) is 11.5 Å². The summed E-state index contributed by atoms with van der Waals surface area (Å²) in [5.41, 5.74) is 5.77. The normalized spacial score (nSPS) is 26.4. The highest BCUT2D eigenvalue weighted by Crippen LogP contribution is 2.34. The van der Waals surface area contributed by atoms with E-state index in [9.17, 15) is 4.79 Å². The summed E-state index contributed by atoms with van der Waals surface area (Å²) in [6.45, 7) is 3.98. The number of nitrogens with two attached hydrogens (primary N) is 1. The minimum atomic E-state index is -0.952. The molecule has 0 aliphatic carbocycles. The molecular weight excluding hydrogens is 188 g/mol. The van der Waals surface area contributed by atoms with E-state index >= 15 is 0 Å². The van der Waals surface area contributed by atoms with Crippen molar-refractivity contribution in [3.8, 4) is 0 Å². The zero-order valence-electron chi connectivity index (χ0n) is 7.12. The van der Waals surface area contributed by atoms with Gasteiger partial charge in [-0.2, -0.15) is 0 Å². The van der Waals surface area contributed by atoms with E-state index < -0.39 is 10.8 Å². The van der Waals surface area contributed by atoms with Gasteiger partial charge in [-0.25, -0.2) is 4.79 Å². The van der Waals surface area contributed by atoms with Gasteiger partial charge < -0.3 is 16.2 Å². The number of hydrogen-bond acceptors (Lipinski definition) is 4. The lowest BCUT2D eigenvalue weighted by molar-refractivity contribution is -0.133. The Balaban J connectivity index is 2.68.